The number of hydrazine groups is 1. The van der Waals surface area contributed by atoms with E-state index in [0.29, 0.717) is 11.4 Å². The van der Waals surface area contributed by atoms with Crippen molar-refractivity contribution in [2.45, 2.75) is 13.8 Å². The van der Waals surface area contributed by atoms with Crippen molar-refractivity contribution in [1.82, 2.24) is 9.99 Å². The van der Waals surface area contributed by atoms with Crippen molar-refractivity contribution >= 4 is 5.91 Å². The SMILES string of the molecule is COc1ccc(C)cc1-n1cc(C(=O)NN)c(=O)cc1C. The summed E-state index contributed by atoms with van der Waals surface area (Å²) >= 11 is 0. The minimum absolute atomic E-state index is 0.0216. The molecular formula is C15H17N3O3. The van der Waals surface area contributed by atoms with Crippen LogP contribution in [0.4, 0.5) is 0 Å². The summed E-state index contributed by atoms with van der Waals surface area (Å²) in [5.74, 6) is 5.13. The fraction of sp³-hybridized carbons (Fsp3) is 0.200. The van der Waals surface area contributed by atoms with Gasteiger partial charge in [0.25, 0.3) is 5.91 Å². The lowest BCUT2D eigenvalue weighted by molar-refractivity contribution is 0.0952. The van der Waals surface area contributed by atoms with Crippen LogP contribution in [0.5, 0.6) is 5.75 Å². The minimum atomic E-state index is -0.625. The Morgan fingerprint density at radius 1 is 1.29 bits per heavy atom. The lowest BCUT2D eigenvalue weighted by Crippen LogP contribution is -2.34. The van der Waals surface area contributed by atoms with Crippen LogP contribution in [0.15, 0.2) is 35.3 Å². The number of methoxy groups -OCH3 is 1. The van der Waals surface area contributed by atoms with Gasteiger partial charge >= 0.3 is 0 Å². The van der Waals surface area contributed by atoms with Crippen LogP contribution in [0, 0.1) is 13.8 Å². The molecular weight excluding hydrogens is 270 g/mol. The molecule has 0 aliphatic rings. The van der Waals surface area contributed by atoms with E-state index in [1.165, 1.54) is 12.3 Å². The van der Waals surface area contributed by atoms with Gasteiger partial charge in [0, 0.05) is 18.0 Å². The number of carbonyl (C=O) groups excluding carboxylic acids is 1. The van der Waals surface area contributed by atoms with E-state index >= 15 is 0 Å². The van der Waals surface area contributed by atoms with Crippen molar-refractivity contribution < 1.29 is 9.53 Å². The molecule has 3 N–H and O–H groups in total. The van der Waals surface area contributed by atoms with E-state index in [9.17, 15) is 9.59 Å². The third-order valence-electron chi connectivity index (χ3n) is 3.21. The van der Waals surface area contributed by atoms with Gasteiger partial charge in [-0.15, -0.1) is 0 Å². The van der Waals surface area contributed by atoms with Crippen molar-refractivity contribution in [2.75, 3.05) is 7.11 Å². The van der Waals surface area contributed by atoms with Crippen LogP contribution in [0.2, 0.25) is 0 Å². The molecule has 21 heavy (non-hydrogen) atoms. The molecule has 2 aromatic rings. The quantitative estimate of drug-likeness (QED) is 0.502. The van der Waals surface area contributed by atoms with E-state index in [-0.39, 0.29) is 11.0 Å². The number of aryl methyl sites for hydroxylation is 2. The number of carbonyl (C=O) groups is 1. The number of aromatic nitrogens is 1. The van der Waals surface area contributed by atoms with Gasteiger partial charge in [0.05, 0.1) is 12.8 Å². The second kappa shape index (κ2) is 5.80. The molecule has 1 amide bonds. The summed E-state index contributed by atoms with van der Waals surface area (Å²) in [6, 6.07) is 7.07. The molecule has 0 spiro atoms. The van der Waals surface area contributed by atoms with Gasteiger partial charge in [0.15, 0.2) is 5.43 Å². The maximum Gasteiger partial charge on any atom is 0.270 e. The van der Waals surface area contributed by atoms with Crippen LogP contribution in [0.25, 0.3) is 5.69 Å². The average molecular weight is 287 g/mol. The fourth-order valence-corrected chi connectivity index (χ4v) is 2.13. The molecule has 110 valence electrons. The highest BCUT2D eigenvalue weighted by molar-refractivity contribution is 5.93. The Kier molecular flexibility index (Phi) is 4.09. The summed E-state index contributed by atoms with van der Waals surface area (Å²) in [7, 11) is 1.57. The Morgan fingerprint density at radius 3 is 2.62 bits per heavy atom. The van der Waals surface area contributed by atoms with Gasteiger partial charge in [-0.3, -0.25) is 15.0 Å². The van der Waals surface area contributed by atoms with E-state index in [4.69, 9.17) is 10.6 Å². The molecule has 0 aliphatic heterocycles. The first kappa shape index (κ1) is 14.8. The van der Waals surface area contributed by atoms with Gasteiger partial charge in [-0.1, -0.05) is 6.07 Å². The Hall–Kier alpha value is -2.60. The number of benzene rings is 1. The summed E-state index contributed by atoms with van der Waals surface area (Å²) in [6.45, 7) is 3.74. The van der Waals surface area contributed by atoms with Crippen LogP contribution in [-0.4, -0.2) is 17.6 Å². The van der Waals surface area contributed by atoms with Gasteiger partial charge in [0.2, 0.25) is 0 Å². The third-order valence-corrected chi connectivity index (χ3v) is 3.21. The topological polar surface area (TPSA) is 86.3 Å². The van der Waals surface area contributed by atoms with E-state index in [0.717, 1.165) is 11.3 Å². The predicted molar refractivity (Wildman–Crippen MR) is 79.7 cm³/mol. The molecule has 0 bridgehead atoms. The number of nitrogens with one attached hydrogen (secondary N) is 1. The second-order valence-electron chi connectivity index (χ2n) is 4.71. The number of nitrogen functional groups attached to an aromatic ring is 1. The first-order valence-corrected chi connectivity index (χ1v) is 6.37. The van der Waals surface area contributed by atoms with Crippen LogP contribution in [-0.2, 0) is 0 Å². The molecule has 1 heterocycles. The molecule has 0 saturated heterocycles. The zero-order chi connectivity index (χ0) is 15.6. The minimum Gasteiger partial charge on any atom is -0.495 e. The molecule has 0 fully saturated rings. The highest BCUT2D eigenvalue weighted by Gasteiger charge is 2.14. The largest absolute Gasteiger partial charge is 0.495 e. The Balaban J connectivity index is 2.72. The van der Waals surface area contributed by atoms with Crippen molar-refractivity contribution in [3.63, 3.8) is 0 Å². The van der Waals surface area contributed by atoms with Crippen molar-refractivity contribution in [1.29, 1.82) is 0 Å². The van der Waals surface area contributed by atoms with Crippen LogP contribution >= 0.6 is 0 Å². The summed E-state index contributed by atoms with van der Waals surface area (Å²) in [6.07, 6.45) is 1.47. The van der Waals surface area contributed by atoms with E-state index in [2.05, 4.69) is 0 Å². The molecule has 1 aromatic carbocycles. The Morgan fingerprint density at radius 2 is 2.00 bits per heavy atom. The first-order chi connectivity index (χ1) is 9.97. The van der Waals surface area contributed by atoms with Crippen LogP contribution in [0.3, 0.4) is 0 Å². The third kappa shape index (κ3) is 2.80. The summed E-state index contributed by atoms with van der Waals surface area (Å²) in [4.78, 5) is 23.6. The summed E-state index contributed by atoms with van der Waals surface area (Å²) in [5, 5.41) is 0. The molecule has 0 unspecified atom stereocenters. The van der Waals surface area contributed by atoms with Gasteiger partial charge in [-0.2, -0.15) is 0 Å². The smallest absolute Gasteiger partial charge is 0.270 e. The lowest BCUT2D eigenvalue weighted by Gasteiger charge is -2.16. The van der Waals surface area contributed by atoms with Crippen molar-refractivity contribution in [3.05, 3.63) is 57.5 Å². The monoisotopic (exact) mass is 287 g/mol. The van der Waals surface area contributed by atoms with Gasteiger partial charge in [0.1, 0.15) is 11.3 Å². The van der Waals surface area contributed by atoms with E-state index < -0.39 is 5.91 Å². The van der Waals surface area contributed by atoms with Crippen LogP contribution < -0.4 is 21.4 Å². The molecule has 1 aromatic heterocycles. The highest BCUT2D eigenvalue weighted by Crippen LogP contribution is 2.25. The molecule has 0 aliphatic carbocycles. The molecule has 2 rings (SSSR count). The number of pyridine rings is 1. The molecule has 0 atom stereocenters. The normalized spacial score (nSPS) is 10.3. The van der Waals surface area contributed by atoms with Crippen molar-refractivity contribution in [2.24, 2.45) is 5.84 Å². The lowest BCUT2D eigenvalue weighted by atomic mass is 10.1. The highest BCUT2D eigenvalue weighted by atomic mass is 16.5. The summed E-state index contributed by atoms with van der Waals surface area (Å²) < 4.78 is 7.08. The molecule has 0 radical (unpaired) electrons. The van der Waals surface area contributed by atoms with E-state index in [1.807, 2.05) is 30.5 Å². The Labute approximate surface area is 122 Å². The number of amides is 1. The van der Waals surface area contributed by atoms with Crippen LogP contribution in [0.1, 0.15) is 21.6 Å². The zero-order valence-electron chi connectivity index (χ0n) is 12.1. The fourth-order valence-electron chi connectivity index (χ4n) is 2.13. The molecule has 0 saturated carbocycles. The number of rotatable bonds is 3. The maximum atomic E-state index is 11.9. The number of nitrogens with two attached hydrogens (primary N) is 1. The Bertz CT molecular complexity index is 750. The zero-order valence-corrected chi connectivity index (χ0v) is 12.1. The average Bonchev–Trinajstić information content (AvgIpc) is 2.46. The van der Waals surface area contributed by atoms with E-state index in [1.54, 1.807) is 18.6 Å². The second-order valence-corrected chi connectivity index (χ2v) is 4.71. The first-order valence-electron chi connectivity index (χ1n) is 6.37. The number of hydrogen-bond acceptors (Lipinski definition) is 4. The number of hydrogen-bond donors (Lipinski definition) is 2. The maximum absolute atomic E-state index is 11.9. The van der Waals surface area contributed by atoms with Crippen molar-refractivity contribution in [3.8, 4) is 11.4 Å². The number of ether oxygens (including phenoxy) is 1. The molecule has 6 heteroatoms. The standard InChI is InChI=1S/C15H17N3O3/c1-9-4-5-14(21-3)12(6-9)18-8-11(15(20)17-16)13(19)7-10(18)2/h4-8H,16H2,1-3H3,(H,17,20). The molecule has 6 nitrogen and oxygen atoms in total. The van der Waals surface area contributed by atoms with Gasteiger partial charge in [-0.05, 0) is 31.5 Å². The number of nitrogens with zero attached hydrogens (tertiary/aromatic N) is 1. The van der Waals surface area contributed by atoms with Gasteiger partial charge < -0.3 is 9.30 Å². The van der Waals surface area contributed by atoms with Gasteiger partial charge in [-0.25, -0.2) is 5.84 Å². The summed E-state index contributed by atoms with van der Waals surface area (Å²) in [5.41, 5.74) is 4.06. The predicted octanol–water partition coefficient (Wildman–Crippen LogP) is 1.07.